The van der Waals surface area contributed by atoms with Crippen molar-refractivity contribution in [2.24, 2.45) is 0 Å². The molecule has 0 aliphatic carbocycles. The third kappa shape index (κ3) is 57.1. The molecule has 0 bridgehead atoms. The van der Waals surface area contributed by atoms with Crippen molar-refractivity contribution in [2.45, 2.75) is 258 Å². The molecule has 0 rings (SSSR count). The highest BCUT2D eigenvalue weighted by Gasteiger charge is 2.30. The number of allylic oxidation sites excluding steroid dienone is 19. The normalized spacial score (nSPS) is 14.5. The highest BCUT2D eigenvalue weighted by Crippen LogP contribution is 2.43. The van der Waals surface area contributed by atoms with E-state index in [0.29, 0.717) is 30.3 Å². The molecule has 0 aromatic carbocycles. The number of likely N-dealkylation sites (N-methyl/N-ethyl adjacent to an activating group) is 1. The third-order valence-corrected chi connectivity index (χ3v) is 14.1. The smallest absolute Gasteiger partial charge is 0.456 e. The van der Waals surface area contributed by atoms with E-state index in [1.54, 1.807) is 0 Å². The predicted octanol–water partition coefficient (Wildman–Crippen LogP) is 19.5. The second-order valence-electron chi connectivity index (χ2n) is 21.8. The number of nitrogens with zero attached hydrogens (tertiary/aromatic N) is 1. The Kier molecular flexibility index (Phi) is 54.1. The van der Waals surface area contributed by atoms with Crippen molar-refractivity contribution in [3.8, 4) is 0 Å². The lowest BCUT2D eigenvalue weighted by Crippen LogP contribution is -2.47. The summed E-state index contributed by atoms with van der Waals surface area (Å²) in [6.45, 7) is 6.82. The van der Waals surface area contributed by atoms with Gasteiger partial charge in [0, 0.05) is 12.8 Å². The molecule has 0 spiro atoms. The minimum Gasteiger partial charge on any atom is -0.456 e. The fraction of sp³-hybridized carbons (Fsp3) is 0.676. The topological polar surface area (TPSA) is 111 Å². The molecule has 0 fully saturated rings. The first-order valence-electron chi connectivity index (χ1n) is 31.4. The number of carbonyl (C=O) groups is 2. The summed E-state index contributed by atoms with van der Waals surface area (Å²) in [6.07, 6.45) is 79.1. The van der Waals surface area contributed by atoms with E-state index in [2.05, 4.69) is 135 Å². The maximum absolute atomic E-state index is 13.5. The second-order valence-corrected chi connectivity index (χ2v) is 23.3. The van der Waals surface area contributed by atoms with Crippen LogP contribution in [0.1, 0.15) is 245 Å². The lowest BCUT2D eigenvalue weighted by molar-refractivity contribution is -0.870. The van der Waals surface area contributed by atoms with Crippen molar-refractivity contribution in [3.63, 3.8) is 0 Å². The lowest BCUT2D eigenvalue weighted by atomic mass is 10.0. The number of amides is 1. The van der Waals surface area contributed by atoms with Crippen molar-refractivity contribution >= 4 is 19.7 Å². The Hall–Kier alpha value is -3.59. The van der Waals surface area contributed by atoms with Crippen LogP contribution in [0.2, 0.25) is 0 Å². The van der Waals surface area contributed by atoms with Gasteiger partial charge in [-0.2, -0.15) is 0 Å². The first kappa shape index (κ1) is 74.4. The number of quaternary nitrogens is 1. The molecule has 0 aliphatic rings. The largest absolute Gasteiger partial charge is 0.472 e. The first-order valence-corrected chi connectivity index (χ1v) is 32.9. The van der Waals surface area contributed by atoms with E-state index in [1.165, 1.54) is 77.0 Å². The van der Waals surface area contributed by atoms with Gasteiger partial charge in [-0.1, -0.05) is 233 Å². The number of hydrogen-bond acceptors (Lipinski definition) is 6. The zero-order valence-corrected chi connectivity index (χ0v) is 51.8. The average Bonchev–Trinajstić information content (AvgIpc) is 3.40. The van der Waals surface area contributed by atoms with Crippen molar-refractivity contribution in [2.75, 3.05) is 40.9 Å². The van der Waals surface area contributed by atoms with Gasteiger partial charge in [-0.15, -0.1) is 0 Å². The maximum atomic E-state index is 13.5. The standard InChI is InChI=1S/C68H117N2O7P/c1-7-10-13-16-19-22-25-28-30-32-33-34-35-36-37-39-41-43-46-49-52-55-58-61-68(72)77-66(59-56-53-50-47-44-27-24-21-18-15-12-9-3)65(64-76-78(73,74)75-63-62-70(4,5)6)69-67(71)60-57-54-51-48-45-42-40-38-31-29-26-23-20-17-14-11-8-2/h10,13,19-20,22-23,28-31,33-34,36-37,40-43,56,59,65-66H,7-9,11-12,14-18,21,24-27,32,35,38-39,44-55,57-58,60-64H2,1-6H3,(H-,69,71,73,74)/p+1/b13-10-,22-19-,23-20-,30-28-,31-29-,34-33-,37-36-,42-40-,43-41-,59-56-. The molecule has 78 heavy (non-hydrogen) atoms. The third-order valence-electron chi connectivity index (χ3n) is 13.1. The Bertz CT molecular complexity index is 1750. The van der Waals surface area contributed by atoms with Crippen molar-refractivity contribution < 1.29 is 37.3 Å². The fourth-order valence-corrected chi connectivity index (χ4v) is 9.04. The van der Waals surface area contributed by atoms with Crippen LogP contribution in [0.3, 0.4) is 0 Å². The second kappa shape index (κ2) is 56.7. The minimum absolute atomic E-state index is 0.0246. The number of hydrogen-bond donors (Lipinski definition) is 2. The number of esters is 1. The molecule has 0 aromatic rings. The summed E-state index contributed by atoms with van der Waals surface area (Å²) in [5.74, 6) is -0.567. The quantitative estimate of drug-likeness (QED) is 0.0205. The molecule has 0 heterocycles. The zero-order valence-electron chi connectivity index (χ0n) is 50.9. The molecule has 0 aromatic heterocycles. The van der Waals surface area contributed by atoms with E-state index in [0.717, 1.165) is 122 Å². The molecule has 3 unspecified atom stereocenters. The minimum atomic E-state index is -4.47. The fourth-order valence-electron chi connectivity index (χ4n) is 8.30. The molecule has 0 saturated heterocycles. The number of phosphoric ester groups is 1. The van der Waals surface area contributed by atoms with Crippen LogP contribution in [0.15, 0.2) is 122 Å². The van der Waals surface area contributed by atoms with Crippen LogP contribution >= 0.6 is 7.82 Å². The van der Waals surface area contributed by atoms with Crippen LogP contribution in [0.4, 0.5) is 0 Å². The van der Waals surface area contributed by atoms with Crippen LogP contribution in [0.25, 0.3) is 0 Å². The van der Waals surface area contributed by atoms with Crippen LogP contribution in [-0.2, 0) is 27.9 Å². The van der Waals surface area contributed by atoms with Gasteiger partial charge in [-0.05, 0) is 122 Å². The Morgan fingerprint density at radius 3 is 1.26 bits per heavy atom. The van der Waals surface area contributed by atoms with Gasteiger partial charge < -0.3 is 19.4 Å². The van der Waals surface area contributed by atoms with Gasteiger partial charge in [0.2, 0.25) is 5.91 Å². The van der Waals surface area contributed by atoms with E-state index in [1.807, 2.05) is 33.3 Å². The van der Waals surface area contributed by atoms with E-state index in [-0.39, 0.29) is 31.5 Å². The molecule has 0 saturated carbocycles. The van der Waals surface area contributed by atoms with Crippen LogP contribution < -0.4 is 5.32 Å². The number of carbonyl (C=O) groups excluding carboxylic acids is 2. The van der Waals surface area contributed by atoms with Gasteiger partial charge >= 0.3 is 13.8 Å². The Labute approximate surface area is 480 Å². The highest BCUT2D eigenvalue weighted by atomic mass is 31.2. The molecule has 0 aliphatic heterocycles. The summed E-state index contributed by atoms with van der Waals surface area (Å²) in [6, 6.07) is -0.879. The highest BCUT2D eigenvalue weighted by molar-refractivity contribution is 7.47. The van der Waals surface area contributed by atoms with Crippen molar-refractivity contribution in [3.05, 3.63) is 122 Å². The summed E-state index contributed by atoms with van der Waals surface area (Å²) in [4.78, 5) is 37.7. The molecule has 1 amide bonds. The van der Waals surface area contributed by atoms with Gasteiger partial charge in [0.25, 0.3) is 0 Å². The molecular formula is C68H118N2O7P+. The Morgan fingerprint density at radius 2 is 0.821 bits per heavy atom. The summed E-state index contributed by atoms with van der Waals surface area (Å²) in [5, 5.41) is 3.03. The molecule has 2 N–H and O–H groups in total. The lowest BCUT2D eigenvalue weighted by Gasteiger charge is -2.27. The average molecular weight is 1110 g/mol. The molecule has 9 nitrogen and oxygen atoms in total. The number of phosphoric acid groups is 1. The maximum Gasteiger partial charge on any atom is 0.472 e. The van der Waals surface area contributed by atoms with Gasteiger partial charge in [0.15, 0.2) is 0 Å². The summed E-state index contributed by atoms with van der Waals surface area (Å²) in [5.41, 5.74) is 0. The van der Waals surface area contributed by atoms with E-state index in [9.17, 15) is 19.0 Å². The molecule has 0 radical (unpaired) electrons. The first-order chi connectivity index (χ1) is 37.9. The van der Waals surface area contributed by atoms with Gasteiger partial charge in [0.05, 0.1) is 33.8 Å². The van der Waals surface area contributed by atoms with Crippen molar-refractivity contribution in [1.82, 2.24) is 5.32 Å². The van der Waals surface area contributed by atoms with Crippen LogP contribution in [0.5, 0.6) is 0 Å². The summed E-state index contributed by atoms with van der Waals surface area (Å²) >= 11 is 0. The molecule has 3 atom stereocenters. The zero-order chi connectivity index (χ0) is 57.2. The Balaban J connectivity index is 5.34. The Morgan fingerprint density at radius 1 is 0.462 bits per heavy atom. The van der Waals surface area contributed by atoms with Crippen LogP contribution in [-0.4, -0.2) is 74.3 Å². The van der Waals surface area contributed by atoms with E-state index in [4.69, 9.17) is 13.8 Å². The summed E-state index contributed by atoms with van der Waals surface area (Å²) in [7, 11) is 1.45. The SMILES string of the molecule is CC/C=C\C/C=C\C/C=C\C/C=C\C/C=C\C/C=C\CCCCCCC(=O)OC(/C=C\CCCCCCCCCCCC)C(COP(=O)(O)OCC[N+](C)(C)C)NC(=O)CCCCCC/C=C\C/C=C\C/C=C\CCCCC. The molecule has 10 heteroatoms. The number of unbranched alkanes of at least 4 members (excludes halogenated alkanes) is 21. The van der Waals surface area contributed by atoms with Crippen LogP contribution in [0, 0.1) is 0 Å². The number of rotatable bonds is 55. The van der Waals surface area contributed by atoms with E-state index < -0.39 is 20.0 Å². The molecule has 446 valence electrons. The monoisotopic (exact) mass is 1110 g/mol. The van der Waals surface area contributed by atoms with Gasteiger partial charge in [-0.3, -0.25) is 18.6 Å². The van der Waals surface area contributed by atoms with Gasteiger partial charge in [-0.25, -0.2) is 4.57 Å². The number of ether oxygens (including phenoxy) is 1. The summed E-state index contributed by atoms with van der Waals surface area (Å²) < 4.78 is 30.7. The molecular weight excluding hydrogens is 988 g/mol. The predicted molar refractivity (Wildman–Crippen MR) is 336 cm³/mol. The van der Waals surface area contributed by atoms with E-state index >= 15 is 0 Å². The van der Waals surface area contributed by atoms with Crippen molar-refractivity contribution in [1.29, 1.82) is 0 Å². The number of nitrogens with one attached hydrogen (secondary N) is 1. The van der Waals surface area contributed by atoms with Gasteiger partial charge in [0.1, 0.15) is 19.3 Å².